The summed E-state index contributed by atoms with van der Waals surface area (Å²) >= 11 is 5.70. The van der Waals surface area contributed by atoms with Gasteiger partial charge in [0.05, 0.1) is 22.4 Å². The zero-order chi connectivity index (χ0) is 25.0. The zero-order valence-electron chi connectivity index (χ0n) is 17.4. The van der Waals surface area contributed by atoms with Gasteiger partial charge in [0.1, 0.15) is 16.2 Å². The summed E-state index contributed by atoms with van der Waals surface area (Å²) in [5.41, 5.74) is -2.30. The molecule has 3 aromatic heterocycles. The Morgan fingerprint density at radius 2 is 1.82 bits per heavy atom. The van der Waals surface area contributed by atoms with Gasteiger partial charge in [-0.25, -0.2) is 17.8 Å². The molecule has 178 valence electrons. The van der Waals surface area contributed by atoms with Gasteiger partial charge in [-0.3, -0.25) is 9.48 Å². The number of nitrogens with zero attached hydrogens (tertiary/aromatic N) is 5. The molecule has 0 atom stereocenters. The van der Waals surface area contributed by atoms with Crippen LogP contribution in [0, 0.1) is 5.82 Å². The van der Waals surface area contributed by atoms with Crippen molar-refractivity contribution in [1.29, 1.82) is 0 Å². The maximum atomic E-state index is 13.9. The number of hydrogen-bond donors (Lipinski definition) is 0. The first kappa shape index (κ1) is 23.8. The van der Waals surface area contributed by atoms with Crippen molar-refractivity contribution >= 4 is 32.3 Å². The quantitative estimate of drug-likeness (QED) is 0.383. The molecule has 4 rings (SSSR count). The van der Waals surface area contributed by atoms with Gasteiger partial charge in [-0.1, -0.05) is 24.6 Å². The summed E-state index contributed by atoms with van der Waals surface area (Å²) in [6.07, 6.45) is -2.86. The summed E-state index contributed by atoms with van der Waals surface area (Å²) in [4.78, 5) is 16.7. The molecule has 1 aromatic carbocycles. The first-order valence-corrected chi connectivity index (χ1v) is 11.6. The Hall–Kier alpha value is -3.32. The van der Waals surface area contributed by atoms with Gasteiger partial charge in [0.2, 0.25) is 0 Å². The molecule has 0 aliphatic rings. The predicted octanol–water partition coefficient (Wildman–Crippen LogP) is 3.79. The third kappa shape index (κ3) is 3.94. The molecule has 0 N–H and O–H groups in total. The van der Waals surface area contributed by atoms with E-state index < -0.39 is 54.7 Å². The number of pyridine rings is 1. The maximum absolute atomic E-state index is 13.9. The van der Waals surface area contributed by atoms with Crippen molar-refractivity contribution in [3.05, 3.63) is 63.5 Å². The molecule has 0 aliphatic carbocycles. The van der Waals surface area contributed by atoms with Crippen molar-refractivity contribution in [2.45, 2.75) is 18.0 Å². The summed E-state index contributed by atoms with van der Waals surface area (Å²) < 4.78 is 80.7. The predicted molar refractivity (Wildman–Crippen MR) is 115 cm³/mol. The Morgan fingerprint density at radius 1 is 1.12 bits per heavy atom. The second kappa shape index (κ2) is 8.17. The summed E-state index contributed by atoms with van der Waals surface area (Å²) in [5, 5.41) is 6.44. The highest BCUT2D eigenvalue weighted by Gasteiger charge is 2.37. The molecule has 4 aromatic rings. The highest BCUT2D eigenvalue weighted by molar-refractivity contribution is 7.91. The van der Waals surface area contributed by atoms with Crippen molar-refractivity contribution in [2.24, 2.45) is 7.05 Å². The van der Waals surface area contributed by atoms with E-state index >= 15 is 0 Å². The van der Waals surface area contributed by atoms with Crippen LogP contribution in [0.25, 0.3) is 27.8 Å². The van der Waals surface area contributed by atoms with Crippen molar-refractivity contribution < 1.29 is 26.0 Å². The van der Waals surface area contributed by atoms with Gasteiger partial charge in [-0.05, 0) is 23.8 Å². The largest absolute Gasteiger partial charge is 0.435 e. The summed E-state index contributed by atoms with van der Waals surface area (Å²) in [7, 11) is -2.86. The van der Waals surface area contributed by atoms with Crippen molar-refractivity contribution in [1.82, 2.24) is 24.5 Å². The molecule has 0 fully saturated rings. The number of hydrogen-bond acceptors (Lipinski definition) is 6. The lowest BCUT2D eigenvalue weighted by Crippen LogP contribution is -2.25. The number of rotatable bonds is 4. The molecular formula is C20H14ClF4N5O3S. The average Bonchev–Trinajstić information content (AvgIpc) is 3.13. The Morgan fingerprint density at radius 3 is 2.44 bits per heavy atom. The summed E-state index contributed by atoms with van der Waals surface area (Å²) in [5.74, 6) is -1.52. The molecule has 8 nitrogen and oxygen atoms in total. The van der Waals surface area contributed by atoms with Crippen molar-refractivity contribution in [2.75, 3.05) is 5.75 Å². The number of halogens is 5. The van der Waals surface area contributed by atoms with E-state index in [1.807, 2.05) is 0 Å². The van der Waals surface area contributed by atoms with E-state index in [2.05, 4.69) is 15.2 Å². The SMILES string of the molecule is CCS(=O)(=O)c1cc(-c2ccc(Cl)c(F)c2)cnc1-n1ncc2c(C(F)(F)F)nn(C)c2c1=O. The molecule has 0 saturated heterocycles. The van der Waals surface area contributed by atoms with Crippen molar-refractivity contribution in [3.8, 4) is 16.9 Å². The van der Waals surface area contributed by atoms with E-state index in [9.17, 15) is 30.8 Å². The minimum absolute atomic E-state index is 0.131. The Bertz CT molecular complexity index is 1610. The number of benzene rings is 1. The van der Waals surface area contributed by atoms with Crippen LogP contribution in [0.1, 0.15) is 12.6 Å². The molecule has 0 saturated carbocycles. The Labute approximate surface area is 194 Å². The van der Waals surface area contributed by atoms with E-state index in [0.717, 1.165) is 24.0 Å². The minimum atomic E-state index is -4.83. The van der Waals surface area contributed by atoms with E-state index in [1.165, 1.54) is 31.3 Å². The Balaban J connectivity index is 1.99. The van der Waals surface area contributed by atoms with Gasteiger partial charge in [0, 0.05) is 18.8 Å². The number of alkyl halides is 3. The zero-order valence-corrected chi connectivity index (χ0v) is 19.0. The van der Waals surface area contributed by atoms with E-state index in [4.69, 9.17) is 11.6 Å². The standard InChI is InChI=1S/C20H14ClF4N5O3S/c1-3-34(32,33)15-7-11(10-4-5-13(21)14(22)6-10)8-26-18(15)30-19(31)16-12(9-27-30)17(20(23,24)25)28-29(16)2/h4-9H,3H2,1-2H3. The van der Waals surface area contributed by atoms with Gasteiger partial charge in [-0.2, -0.15) is 28.1 Å². The first-order valence-electron chi connectivity index (χ1n) is 9.56. The van der Waals surface area contributed by atoms with Crippen LogP contribution in [0.2, 0.25) is 5.02 Å². The van der Waals surface area contributed by atoms with Crippen LogP contribution in [0.3, 0.4) is 0 Å². The van der Waals surface area contributed by atoms with E-state index in [-0.39, 0.29) is 21.9 Å². The monoisotopic (exact) mass is 515 g/mol. The van der Waals surface area contributed by atoms with Gasteiger partial charge in [-0.15, -0.1) is 0 Å². The number of fused-ring (bicyclic) bond motifs is 1. The third-order valence-electron chi connectivity index (χ3n) is 5.05. The highest BCUT2D eigenvalue weighted by atomic mass is 35.5. The lowest BCUT2D eigenvalue weighted by Gasteiger charge is -2.12. The maximum Gasteiger partial charge on any atom is 0.435 e. The Kier molecular flexibility index (Phi) is 5.72. The number of aromatic nitrogens is 5. The van der Waals surface area contributed by atoms with Crippen LogP contribution >= 0.6 is 11.6 Å². The average molecular weight is 516 g/mol. The van der Waals surface area contributed by atoms with Crippen LogP contribution in [-0.4, -0.2) is 38.7 Å². The lowest BCUT2D eigenvalue weighted by molar-refractivity contribution is -0.140. The molecule has 3 heterocycles. The summed E-state index contributed by atoms with van der Waals surface area (Å²) in [6.45, 7) is 1.36. The number of aryl methyl sites for hydroxylation is 1. The third-order valence-corrected chi connectivity index (χ3v) is 7.09. The van der Waals surface area contributed by atoms with Crippen LogP contribution < -0.4 is 5.56 Å². The van der Waals surface area contributed by atoms with Crippen molar-refractivity contribution in [3.63, 3.8) is 0 Å². The normalized spacial score (nSPS) is 12.4. The second-order valence-electron chi connectivity index (χ2n) is 7.17. The van der Waals surface area contributed by atoms with Gasteiger partial charge in [0.15, 0.2) is 21.3 Å². The number of sulfone groups is 1. The second-order valence-corrected chi connectivity index (χ2v) is 9.83. The van der Waals surface area contributed by atoms with Gasteiger partial charge in [0.25, 0.3) is 5.56 Å². The highest BCUT2D eigenvalue weighted by Crippen LogP contribution is 2.33. The van der Waals surface area contributed by atoms with Crippen LogP contribution in [0.15, 0.2) is 46.3 Å². The van der Waals surface area contributed by atoms with Crippen LogP contribution in [-0.2, 0) is 23.1 Å². The molecular weight excluding hydrogens is 502 g/mol. The first-order chi connectivity index (χ1) is 15.8. The fourth-order valence-corrected chi connectivity index (χ4v) is 4.51. The summed E-state index contributed by atoms with van der Waals surface area (Å²) in [6, 6.07) is 5.02. The molecule has 14 heteroatoms. The van der Waals surface area contributed by atoms with Crippen LogP contribution in [0.5, 0.6) is 0 Å². The minimum Gasteiger partial charge on any atom is -0.265 e. The van der Waals surface area contributed by atoms with Gasteiger partial charge >= 0.3 is 6.18 Å². The fourth-order valence-electron chi connectivity index (χ4n) is 3.36. The molecule has 0 spiro atoms. The smallest absolute Gasteiger partial charge is 0.265 e. The molecule has 0 unspecified atom stereocenters. The fraction of sp³-hybridized carbons (Fsp3) is 0.200. The van der Waals surface area contributed by atoms with Gasteiger partial charge < -0.3 is 0 Å². The molecule has 0 bridgehead atoms. The van der Waals surface area contributed by atoms with E-state index in [1.54, 1.807) is 0 Å². The molecule has 0 amide bonds. The molecule has 0 aliphatic heterocycles. The topological polar surface area (TPSA) is 99.7 Å². The van der Waals surface area contributed by atoms with Crippen LogP contribution in [0.4, 0.5) is 17.6 Å². The molecule has 34 heavy (non-hydrogen) atoms. The van der Waals surface area contributed by atoms with E-state index in [0.29, 0.717) is 4.68 Å². The molecule has 0 radical (unpaired) electrons. The lowest BCUT2D eigenvalue weighted by atomic mass is 10.1.